The molecule has 33 heavy (non-hydrogen) atoms. The van der Waals surface area contributed by atoms with Crippen LogP contribution in [0.15, 0.2) is 72.1 Å². The SMILES string of the molecule is O=C(NCCCNC(=O)c1csc(COc2ccccc2F)n1)c1ccc2ccccc2c1. The van der Waals surface area contributed by atoms with Crippen LogP contribution in [0.5, 0.6) is 5.75 Å². The second-order valence-corrected chi connectivity index (χ2v) is 8.22. The number of nitrogens with one attached hydrogen (secondary N) is 2. The first kappa shape index (κ1) is 22.4. The van der Waals surface area contributed by atoms with Gasteiger partial charge in [-0.1, -0.05) is 42.5 Å². The lowest BCUT2D eigenvalue weighted by Gasteiger charge is -2.07. The van der Waals surface area contributed by atoms with Gasteiger partial charge in [0.25, 0.3) is 11.8 Å². The first-order valence-electron chi connectivity index (χ1n) is 10.5. The average molecular weight is 464 g/mol. The lowest BCUT2D eigenvalue weighted by atomic mass is 10.1. The second-order valence-electron chi connectivity index (χ2n) is 7.27. The van der Waals surface area contributed by atoms with Crippen molar-refractivity contribution >= 4 is 33.9 Å². The Morgan fingerprint density at radius 3 is 2.45 bits per heavy atom. The van der Waals surface area contributed by atoms with Crippen LogP contribution in [0, 0.1) is 5.82 Å². The summed E-state index contributed by atoms with van der Waals surface area (Å²) in [6.07, 6.45) is 0.582. The van der Waals surface area contributed by atoms with Crippen LogP contribution in [0.2, 0.25) is 0 Å². The van der Waals surface area contributed by atoms with Crippen molar-refractivity contribution in [2.24, 2.45) is 0 Å². The van der Waals surface area contributed by atoms with Crippen molar-refractivity contribution in [2.75, 3.05) is 13.1 Å². The predicted molar refractivity (Wildman–Crippen MR) is 126 cm³/mol. The standard InChI is InChI=1S/C25H22FN3O3S/c26-20-8-3-4-9-22(20)32-15-23-29-21(16-33-23)25(31)28-13-5-12-27-24(30)19-11-10-17-6-1-2-7-18(17)14-19/h1-4,6-11,14,16H,5,12-13,15H2,(H,27,30)(H,28,31). The Balaban J connectivity index is 1.18. The van der Waals surface area contributed by atoms with E-state index in [1.54, 1.807) is 23.6 Å². The summed E-state index contributed by atoms with van der Waals surface area (Å²) in [6, 6.07) is 19.6. The molecule has 3 aromatic carbocycles. The molecule has 0 saturated heterocycles. The number of halogens is 1. The molecule has 168 valence electrons. The van der Waals surface area contributed by atoms with Crippen LogP contribution < -0.4 is 15.4 Å². The van der Waals surface area contributed by atoms with Crippen molar-refractivity contribution in [1.82, 2.24) is 15.6 Å². The number of aromatic nitrogens is 1. The Morgan fingerprint density at radius 1 is 0.909 bits per heavy atom. The summed E-state index contributed by atoms with van der Waals surface area (Å²) in [4.78, 5) is 28.9. The summed E-state index contributed by atoms with van der Waals surface area (Å²) in [5, 5.41) is 9.96. The first-order chi connectivity index (χ1) is 16.1. The number of para-hydroxylation sites is 1. The number of carbonyl (C=O) groups is 2. The number of hydrogen-bond donors (Lipinski definition) is 2. The van der Waals surface area contributed by atoms with Gasteiger partial charge in [0.15, 0.2) is 11.6 Å². The van der Waals surface area contributed by atoms with Gasteiger partial charge < -0.3 is 15.4 Å². The van der Waals surface area contributed by atoms with Gasteiger partial charge in [0, 0.05) is 24.0 Å². The van der Waals surface area contributed by atoms with Gasteiger partial charge in [0.1, 0.15) is 17.3 Å². The van der Waals surface area contributed by atoms with Crippen molar-refractivity contribution in [2.45, 2.75) is 13.0 Å². The van der Waals surface area contributed by atoms with Crippen LogP contribution in [0.4, 0.5) is 4.39 Å². The zero-order valence-electron chi connectivity index (χ0n) is 17.7. The number of hydrogen-bond acceptors (Lipinski definition) is 5. The number of fused-ring (bicyclic) bond motifs is 1. The van der Waals surface area contributed by atoms with E-state index in [4.69, 9.17) is 4.74 Å². The molecule has 0 aliphatic heterocycles. The van der Waals surface area contributed by atoms with E-state index in [9.17, 15) is 14.0 Å². The Kier molecular flexibility index (Phi) is 7.26. The Bertz CT molecular complexity index is 1270. The summed E-state index contributed by atoms with van der Waals surface area (Å²) >= 11 is 1.27. The van der Waals surface area contributed by atoms with E-state index < -0.39 is 5.82 Å². The van der Waals surface area contributed by atoms with Crippen LogP contribution >= 0.6 is 11.3 Å². The third kappa shape index (κ3) is 5.93. The molecule has 4 rings (SSSR count). The average Bonchev–Trinajstić information content (AvgIpc) is 3.32. The maximum Gasteiger partial charge on any atom is 0.270 e. The van der Waals surface area contributed by atoms with Crippen molar-refractivity contribution in [3.63, 3.8) is 0 Å². The maximum absolute atomic E-state index is 13.6. The molecule has 4 aromatic rings. The molecule has 0 fully saturated rings. The highest BCUT2D eigenvalue weighted by Crippen LogP contribution is 2.19. The second kappa shape index (κ2) is 10.7. The minimum absolute atomic E-state index is 0.0830. The van der Waals surface area contributed by atoms with Crippen molar-refractivity contribution in [3.05, 3.63) is 94.2 Å². The fraction of sp³-hybridized carbons (Fsp3) is 0.160. The van der Waals surface area contributed by atoms with E-state index in [1.807, 2.05) is 36.4 Å². The molecule has 0 unspecified atom stereocenters. The van der Waals surface area contributed by atoms with E-state index in [0.29, 0.717) is 30.1 Å². The summed E-state index contributed by atoms with van der Waals surface area (Å²) in [6.45, 7) is 0.917. The molecule has 0 aliphatic carbocycles. The summed E-state index contributed by atoms with van der Waals surface area (Å²) in [5.41, 5.74) is 0.887. The van der Waals surface area contributed by atoms with E-state index in [-0.39, 0.29) is 29.9 Å². The third-order valence-corrected chi connectivity index (χ3v) is 5.73. The van der Waals surface area contributed by atoms with Gasteiger partial charge in [-0.25, -0.2) is 9.37 Å². The molecule has 1 aromatic heterocycles. The van der Waals surface area contributed by atoms with E-state index in [2.05, 4.69) is 15.6 Å². The number of thiazole rings is 1. The highest BCUT2D eigenvalue weighted by Gasteiger charge is 2.12. The normalized spacial score (nSPS) is 10.7. The molecule has 0 bridgehead atoms. The van der Waals surface area contributed by atoms with Gasteiger partial charge in [-0.15, -0.1) is 11.3 Å². The number of benzene rings is 3. The predicted octanol–water partition coefficient (Wildman–Crippen LogP) is 4.56. The van der Waals surface area contributed by atoms with Crippen LogP contribution in [0.3, 0.4) is 0 Å². The molecule has 0 saturated carbocycles. The van der Waals surface area contributed by atoms with Crippen molar-refractivity contribution in [3.8, 4) is 5.75 Å². The molecule has 2 N–H and O–H groups in total. The van der Waals surface area contributed by atoms with Gasteiger partial charge in [0.2, 0.25) is 0 Å². The Morgan fingerprint density at radius 2 is 1.64 bits per heavy atom. The van der Waals surface area contributed by atoms with Crippen molar-refractivity contribution in [1.29, 1.82) is 0 Å². The van der Waals surface area contributed by atoms with E-state index >= 15 is 0 Å². The Hall–Kier alpha value is -3.78. The number of nitrogens with zero attached hydrogens (tertiary/aromatic N) is 1. The van der Waals surface area contributed by atoms with Crippen LogP contribution in [0.25, 0.3) is 10.8 Å². The third-order valence-electron chi connectivity index (χ3n) is 4.91. The molecular weight excluding hydrogens is 441 g/mol. The highest BCUT2D eigenvalue weighted by atomic mass is 32.1. The lowest BCUT2D eigenvalue weighted by Crippen LogP contribution is -2.30. The van der Waals surface area contributed by atoms with Gasteiger partial charge in [0.05, 0.1) is 0 Å². The number of amides is 2. The maximum atomic E-state index is 13.6. The van der Waals surface area contributed by atoms with E-state index in [0.717, 1.165) is 10.8 Å². The van der Waals surface area contributed by atoms with Crippen LogP contribution in [0.1, 0.15) is 32.3 Å². The fourth-order valence-corrected chi connectivity index (χ4v) is 3.88. The van der Waals surface area contributed by atoms with Gasteiger partial charge in [-0.3, -0.25) is 9.59 Å². The fourth-order valence-electron chi connectivity index (χ4n) is 3.20. The molecule has 2 amide bonds. The van der Waals surface area contributed by atoms with Gasteiger partial charge in [-0.2, -0.15) is 0 Å². The molecule has 0 spiro atoms. The topological polar surface area (TPSA) is 80.3 Å². The minimum Gasteiger partial charge on any atom is -0.483 e. The van der Waals surface area contributed by atoms with Crippen molar-refractivity contribution < 1.29 is 18.7 Å². The van der Waals surface area contributed by atoms with E-state index in [1.165, 1.54) is 23.5 Å². The summed E-state index contributed by atoms with van der Waals surface area (Å²) < 4.78 is 19.0. The van der Waals surface area contributed by atoms with Gasteiger partial charge in [-0.05, 0) is 41.5 Å². The minimum atomic E-state index is -0.445. The molecule has 0 radical (unpaired) electrons. The van der Waals surface area contributed by atoms with Crippen LogP contribution in [-0.2, 0) is 6.61 Å². The highest BCUT2D eigenvalue weighted by molar-refractivity contribution is 7.09. The smallest absolute Gasteiger partial charge is 0.270 e. The quantitative estimate of drug-likeness (QED) is 0.357. The summed E-state index contributed by atoms with van der Waals surface area (Å²) in [7, 11) is 0. The monoisotopic (exact) mass is 463 g/mol. The molecular formula is C25H22FN3O3S. The molecule has 1 heterocycles. The molecule has 8 heteroatoms. The van der Waals surface area contributed by atoms with Gasteiger partial charge >= 0.3 is 0 Å². The Labute approximate surface area is 194 Å². The molecule has 0 atom stereocenters. The first-order valence-corrected chi connectivity index (χ1v) is 11.3. The zero-order valence-corrected chi connectivity index (χ0v) is 18.5. The number of carbonyl (C=O) groups excluding carboxylic acids is 2. The zero-order chi connectivity index (χ0) is 23.0. The molecule has 6 nitrogen and oxygen atoms in total. The molecule has 0 aliphatic rings. The summed E-state index contributed by atoms with van der Waals surface area (Å²) in [5.74, 6) is -0.750. The number of ether oxygens (including phenoxy) is 1. The largest absolute Gasteiger partial charge is 0.483 e. The number of rotatable bonds is 9. The lowest BCUT2D eigenvalue weighted by molar-refractivity contribution is 0.0948. The van der Waals surface area contributed by atoms with Crippen LogP contribution in [-0.4, -0.2) is 29.9 Å².